The van der Waals surface area contributed by atoms with Crippen molar-refractivity contribution < 1.29 is 9.90 Å². The van der Waals surface area contributed by atoms with Crippen LogP contribution in [0.15, 0.2) is 36.5 Å². The molecule has 0 spiro atoms. The van der Waals surface area contributed by atoms with Gasteiger partial charge in [0.15, 0.2) is 0 Å². The van der Waals surface area contributed by atoms with Gasteiger partial charge in [0.1, 0.15) is 6.04 Å². The van der Waals surface area contributed by atoms with Gasteiger partial charge in [-0.1, -0.05) is 18.2 Å². The minimum Gasteiger partial charge on any atom is -0.480 e. The summed E-state index contributed by atoms with van der Waals surface area (Å²) in [5.41, 5.74) is 2.22. The average Bonchev–Trinajstić information content (AvgIpc) is 2.88. The van der Waals surface area contributed by atoms with Gasteiger partial charge < -0.3 is 10.4 Å². The first-order chi connectivity index (χ1) is 9.24. The molecule has 1 aliphatic rings. The number of pyridine rings is 1. The molecule has 1 aromatic heterocycles. The Morgan fingerprint density at radius 3 is 2.95 bits per heavy atom. The molecule has 0 radical (unpaired) electrons. The number of para-hydroxylation sites is 1. The van der Waals surface area contributed by atoms with Crippen LogP contribution in [-0.2, 0) is 11.2 Å². The van der Waals surface area contributed by atoms with Crippen LogP contribution in [0.2, 0.25) is 0 Å². The molecule has 98 valence electrons. The molecule has 0 saturated carbocycles. The van der Waals surface area contributed by atoms with Gasteiger partial charge in [0.2, 0.25) is 0 Å². The van der Waals surface area contributed by atoms with Gasteiger partial charge in [-0.15, -0.1) is 0 Å². The fourth-order valence-corrected chi connectivity index (χ4v) is 2.77. The van der Waals surface area contributed by atoms with Crippen molar-refractivity contribution in [3.05, 3.63) is 42.1 Å². The van der Waals surface area contributed by atoms with Crippen molar-refractivity contribution in [2.45, 2.75) is 31.3 Å². The van der Waals surface area contributed by atoms with E-state index in [1.54, 1.807) is 0 Å². The number of aromatic nitrogens is 1. The van der Waals surface area contributed by atoms with Crippen LogP contribution in [0.1, 0.15) is 18.4 Å². The second kappa shape index (κ2) is 4.97. The van der Waals surface area contributed by atoms with Crippen molar-refractivity contribution in [3.63, 3.8) is 0 Å². The summed E-state index contributed by atoms with van der Waals surface area (Å²) in [4.78, 5) is 15.3. The molecular weight excluding hydrogens is 240 g/mol. The fourth-order valence-electron chi connectivity index (χ4n) is 2.77. The fraction of sp³-hybridized carbons (Fsp3) is 0.333. The molecule has 0 bridgehead atoms. The first-order valence-corrected chi connectivity index (χ1v) is 6.55. The number of carboxylic acids is 1. The molecule has 2 unspecified atom stereocenters. The zero-order chi connectivity index (χ0) is 13.2. The monoisotopic (exact) mass is 256 g/mol. The van der Waals surface area contributed by atoms with Crippen LogP contribution in [0, 0.1) is 0 Å². The Labute approximate surface area is 111 Å². The minimum absolute atomic E-state index is 0.243. The molecule has 2 heterocycles. The Balaban J connectivity index is 1.81. The van der Waals surface area contributed by atoms with Crippen LogP contribution in [0.3, 0.4) is 0 Å². The predicted octanol–water partition coefficient (Wildman–Crippen LogP) is 1.98. The van der Waals surface area contributed by atoms with Gasteiger partial charge in [0.05, 0.1) is 5.52 Å². The molecular formula is C15H16N2O2. The maximum atomic E-state index is 10.9. The van der Waals surface area contributed by atoms with Crippen LogP contribution in [0.5, 0.6) is 0 Å². The third kappa shape index (κ3) is 2.44. The molecule has 4 heteroatoms. The molecule has 19 heavy (non-hydrogen) atoms. The van der Waals surface area contributed by atoms with Crippen molar-refractivity contribution in [1.82, 2.24) is 10.3 Å². The lowest BCUT2D eigenvalue weighted by molar-refractivity contribution is -0.139. The Morgan fingerprint density at radius 1 is 1.32 bits per heavy atom. The smallest absolute Gasteiger partial charge is 0.320 e. The van der Waals surface area contributed by atoms with E-state index in [0.29, 0.717) is 6.42 Å². The van der Waals surface area contributed by atoms with Crippen molar-refractivity contribution in [1.29, 1.82) is 0 Å². The third-order valence-corrected chi connectivity index (χ3v) is 3.74. The SMILES string of the molecule is O=C(O)C1CCC(Cc2ccnc3ccccc23)N1. The Kier molecular flexibility index (Phi) is 3.17. The number of carbonyl (C=O) groups is 1. The van der Waals surface area contributed by atoms with Crippen LogP contribution >= 0.6 is 0 Å². The molecule has 1 aliphatic heterocycles. The highest BCUT2D eigenvalue weighted by atomic mass is 16.4. The summed E-state index contributed by atoms with van der Waals surface area (Å²) < 4.78 is 0. The predicted molar refractivity (Wildman–Crippen MR) is 73.0 cm³/mol. The minimum atomic E-state index is -0.748. The van der Waals surface area contributed by atoms with Crippen LogP contribution in [0.4, 0.5) is 0 Å². The maximum Gasteiger partial charge on any atom is 0.320 e. The van der Waals surface area contributed by atoms with Gasteiger partial charge in [0, 0.05) is 17.6 Å². The molecule has 3 rings (SSSR count). The molecule has 2 atom stereocenters. The van der Waals surface area contributed by atoms with E-state index in [1.807, 2.05) is 30.5 Å². The van der Waals surface area contributed by atoms with E-state index in [4.69, 9.17) is 5.11 Å². The van der Waals surface area contributed by atoms with Crippen molar-refractivity contribution in [2.24, 2.45) is 0 Å². The van der Waals surface area contributed by atoms with Gasteiger partial charge in [-0.25, -0.2) is 0 Å². The van der Waals surface area contributed by atoms with Crippen molar-refractivity contribution in [2.75, 3.05) is 0 Å². The molecule has 1 aromatic carbocycles. The largest absolute Gasteiger partial charge is 0.480 e. The molecule has 1 saturated heterocycles. The van der Waals surface area contributed by atoms with Crippen molar-refractivity contribution >= 4 is 16.9 Å². The molecule has 2 N–H and O–H groups in total. The molecule has 0 amide bonds. The number of fused-ring (bicyclic) bond motifs is 1. The Bertz CT molecular complexity index is 607. The van der Waals surface area contributed by atoms with Gasteiger partial charge >= 0.3 is 5.97 Å². The number of rotatable bonds is 3. The Hall–Kier alpha value is -1.94. The first-order valence-electron chi connectivity index (χ1n) is 6.55. The van der Waals surface area contributed by atoms with E-state index in [-0.39, 0.29) is 6.04 Å². The van der Waals surface area contributed by atoms with E-state index in [2.05, 4.69) is 16.4 Å². The summed E-state index contributed by atoms with van der Waals surface area (Å²) in [5.74, 6) is -0.748. The highest BCUT2D eigenvalue weighted by Crippen LogP contribution is 2.21. The van der Waals surface area contributed by atoms with E-state index in [1.165, 1.54) is 5.56 Å². The number of carboxylic acid groups (broad SMARTS) is 1. The molecule has 0 aliphatic carbocycles. The highest BCUT2D eigenvalue weighted by Gasteiger charge is 2.28. The van der Waals surface area contributed by atoms with Gasteiger partial charge in [-0.05, 0) is 37.0 Å². The summed E-state index contributed by atoms with van der Waals surface area (Å²) in [7, 11) is 0. The lowest BCUT2D eigenvalue weighted by Gasteiger charge is -2.13. The van der Waals surface area contributed by atoms with Crippen LogP contribution in [0.25, 0.3) is 10.9 Å². The molecule has 1 fully saturated rings. The quantitative estimate of drug-likeness (QED) is 0.881. The van der Waals surface area contributed by atoms with Gasteiger partial charge in [-0.3, -0.25) is 9.78 Å². The van der Waals surface area contributed by atoms with Gasteiger partial charge in [0.25, 0.3) is 0 Å². The number of hydrogen-bond acceptors (Lipinski definition) is 3. The van der Waals surface area contributed by atoms with E-state index in [0.717, 1.165) is 23.7 Å². The average molecular weight is 256 g/mol. The van der Waals surface area contributed by atoms with E-state index >= 15 is 0 Å². The van der Waals surface area contributed by atoms with Crippen LogP contribution < -0.4 is 5.32 Å². The normalized spacial score (nSPS) is 22.7. The zero-order valence-electron chi connectivity index (χ0n) is 10.5. The summed E-state index contributed by atoms with van der Waals surface area (Å²) in [6.45, 7) is 0. The first kappa shape index (κ1) is 12.1. The molecule has 2 aromatic rings. The lowest BCUT2D eigenvalue weighted by Crippen LogP contribution is -2.36. The number of hydrogen-bond donors (Lipinski definition) is 2. The zero-order valence-corrected chi connectivity index (χ0v) is 10.5. The number of nitrogens with one attached hydrogen (secondary N) is 1. The second-order valence-electron chi connectivity index (χ2n) is 5.02. The second-order valence-corrected chi connectivity index (χ2v) is 5.02. The number of aliphatic carboxylic acids is 1. The number of benzene rings is 1. The summed E-state index contributed by atoms with van der Waals surface area (Å²) in [6.07, 6.45) is 4.30. The third-order valence-electron chi connectivity index (χ3n) is 3.74. The summed E-state index contributed by atoms with van der Waals surface area (Å²) in [6, 6.07) is 9.94. The van der Waals surface area contributed by atoms with Crippen LogP contribution in [-0.4, -0.2) is 28.1 Å². The van der Waals surface area contributed by atoms with E-state index < -0.39 is 12.0 Å². The molecule has 4 nitrogen and oxygen atoms in total. The highest BCUT2D eigenvalue weighted by molar-refractivity contribution is 5.82. The lowest BCUT2D eigenvalue weighted by atomic mass is 10.0. The van der Waals surface area contributed by atoms with E-state index in [9.17, 15) is 4.79 Å². The van der Waals surface area contributed by atoms with Crippen molar-refractivity contribution in [3.8, 4) is 0 Å². The number of nitrogens with zero attached hydrogens (tertiary/aromatic N) is 1. The topological polar surface area (TPSA) is 62.2 Å². The Morgan fingerprint density at radius 2 is 2.16 bits per heavy atom. The maximum absolute atomic E-state index is 10.9. The summed E-state index contributed by atoms with van der Waals surface area (Å²) >= 11 is 0. The van der Waals surface area contributed by atoms with Gasteiger partial charge in [-0.2, -0.15) is 0 Å². The summed E-state index contributed by atoms with van der Waals surface area (Å²) in [5, 5.41) is 13.3. The standard InChI is InChI=1S/C15H16N2O2/c18-15(19)14-6-5-11(17-14)9-10-7-8-16-13-4-2-1-3-12(10)13/h1-4,7-8,11,14,17H,5-6,9H2,(H,18,19).